The van der Waals surface area contributed by atoms with Gasteiger partial charge in [0.15, 0.2) is 0 Å². The Hall–Kier alpha value is -0.630. The molecule has 0 aromatic heterocycles. The van der Waals surface area contributed by atoms with E-state index in [1.165, 1.54) is 11.1 Å². The zero-order chi connectivity index (χ0) is 7.56. The highest BCUT2D eigenvalue weighted by Gasteiger charge is 1.92. The lowest BCUT2D eigenvalue weighted by molar-refractivity contribution is 1.34. The largest absolute Gasteiger partial charge is 0.332 e. The van der Waals surface area contributed by atoms with Gasteiger partial charge in [-0.05, 0) is 37.1 Å². The Morgan fingerprint density at radius 3 is 2.40 bits per heavy atom. The summed E-state index contributed by atoms with van der Waals surface area (Å²) in [6.07, 6.45) is 0. The molecule has 0 radical (unpaired) electrons. The highest BCUT2D eigenvalue weighted by molar-refractivity contribution is 7.81. The standard InChI is InChI=1S/C8H11NS/c1-6-3-4-8(9-10)5-7(6)2/h3-5,9-10H,1-2H3. The highest BCUT2D eigenvalue weighted by Crippen LogP contribution is 2.13. The van der Waals surface area contributed by atoms with Crippen molar-refractivity contribution in [1.29, 1.82) is 0 Å². The maximum atomic E-state index is 3.94. The van der Waals surface area contributed by atoms with E-state index in [0.29, 0.717) is 0 Å². The minimum absolute atomic E-state index is 1.05. The number of aryl methyl sites for hydroxylation is 2. The average Bonchev–Trinajstić information content (AvgIpc) is 1.95. The number of nitrogens with one attached hydrogen (secondary N) is 1. The minimum atomic E-state index is 1.05. The Kier molecular flexibility index (Phi) is 2.22. The van der Waals surface area contributed by atoms with Gasteiger partial charge in [0.1, 0.15) is 0 Å². The SMILES string of the molecule is Cc1ccc(NS)cc1C. The Labute approximate surface area is 67.0 Å². The molecule has 1 aromatic rings. The fourth-order valence-corrected chi connectivity index (χ4v) is 0.950. The molecule has 0 fully saturated rings. The van der Waals surface area contributed by atoms with E-state index in [4.69, 9.17) is 0 Å². The quantitative estimate of drug-likeness (QED) is 0.591. The van der Waals surface area contributed by atoms with Gasteiger partial charge in [-0.15, -0.1) is 0 Å². The van der Waals surface area contributed by atoms with E-state index in [1.807, 2.05) is 6.07 Å². The predicted octanol–water partition coefficient (Wildman–Crippen LogP) is 2.56. The lowest BCUT2D eigenvalue weighted by atomic mass is 10.1. The first kappa shape index (κ1) is 7.48. The third-order valence-electron chi connectivity index (χ3n) is 1.64. The molecule has 10 heavy (non-hydrogen) atoms. The summed E-state index contributed by atoms with van der Waals surface area (Å²) in [4.78, 5) is 0. The van der Waals surface area contributed by atoms with Crippen LogP contribution in [0.3, 0.4) is 0 Å². The van der Waals surface area contributed by atoms with E-state index in [0.717, 1.165) is 5.69 Å². The molecule has 0 aliphatic heterocycles. The van der Waals surface area contributed by atoms with Gasteiger partial charge in [0.25, 0.3) is 0 Å². The summed E-state index contributed by atoms with van der Waals surface area (Å²) in [7, 11) is 0. The first-order valence-electron chi connectivity index (χ1n) is 3.21. The van der Waals surface area contributed by atoms with Crippen LogP contribution in [0.4, 0.5) is 5.69 Å². The minimum Gasteiger partial charge on any atom is -0.332 e. The van der Waals surface area contributed by atoms with E-state index in [9.17, 15) is 0 Å². The van der Waals surface area contributed by atoms with Gasteiger partial charge in [-0.2, -0.15) is 0 Å². The molecule has 0 saturated carbocycles. The Morgan fingerprint density at radius 2 is 1.90 bits per heavy atom. The van der Waals surface area contributed by atoms with Crippen LogP contribution in [0.5, 0.6) is 0 Å². The summed E-state index contributed by atoms with van der Waals surface area (Å²) in [5, 5.41) is 0. The summed E-state index contributed by atoms with van der Waals surface area (Å²) in [6.45, 7) is 4.18. The van der Waals surface area contributed by atoms with Crippen molar-refractivity contribution in [1.82, 2.24) is 0 Å². The van der Waals surface area contributed by atoms with Crippen LogP contribution in [-0.4, -0.2) is 0 Å². The monoisotopic (exact) mass is 153 g/mol. The zero-order valence-corrected chi connectivity index (χ0v) is 7.07. The zero-order valence-electron chi connectivity index (χ0n) is 6.18. The van der Waals surface area contributed by atoms with Crippen LogP contribution in [0, 0.1) is 13.8 Å². The van der Waals surface area contributed by atoms with Crippen LogP contribution < -0.4 is 4.72 Å². The molecular formula is C8H11NS. The molecular weight excluding hydrogens is 142 g/mol. The highest BCUT2D eigenvalue weighted by atomic mass is 32.1. The van der Waals surface area contributed by atoms with Crippen molar-refractivity contribution in [2.24, 2.45) is 0 Å². The van der Waals surface area contributed by atoms with Crippen LogP contribution in [0.1, 0.15) is 11.1 Å². The van der Waals surface area contributed by atoms with Crippen molar-refractivity contribution in [3.63, 3.8) is 0 Å². The Bertz CT molecular complexity index is 233. The topological polar surface area (TPSA) is 12.0 Å². The second kappa shape index (κ2) is 2.97. The molecule has 1 N–H and O–H groups in total. The molecule has 0 unspecified atom stereocenters. The smallest absolute Gasteiger partial charge is 0.0440 e. The molecule has 54 valence electrons. The van der Waals surface area contributed by atoms with E-state index in [2.05, 4.69) is 43.5 Å². The Balaban J connectivity index is 3.04. The summed E-state index contributed by atoms with van der Waals surface area (Å²) < 4.78 is 2.79. The molecule has 0 saturated heterocycles. The lowest BCUT2D eigenvalue weighted by Gasteiger charge is -2.02. The third kappa shape index (κ3) is 1.45. The molecule has 1 nitrogen and oxygen atoms in total. The summed E-state index contributed by atoms with van der Waals surface area (Å²) >= 11 is 3.94. The number of benzene rings is 1. The fourth-order valence-electron chi connectivity index (χ4n) is 0.811. The van der Waals surface area contributed by atoms with Crippen molar-refractivity contribution in [2.45, 2.75) is 13.8 Å². The number of hydrogen-bond acceptors (Lipinski definition) is 2. The van der Waals surface area contributed by atoms with Gasteiger partial charge in [-0.25, -0.2) is 0 Å². The van der Waals surface area contributed by atoms with Gasteiger partial charge in [0.2, 0.25) is 0 Å². The van der Waals surface area contributed by atoms with Crippen LogP contribution in [0.2, 0.25) is 0 Å². The van der Waals surface area contributed by atoms with Gasteiger partial charge >= 0.3 is 0 Å². The molecule has 1 rings (SSSR count). The predicted molar refractivity (Wildman–Crippen MR) is 48.5 cm³/mol. The average molecular weight is 153 g/mol. The molecule has 0 heterocycles. The van der Waals surface area contributed by atoms with Crippen molar-refractivity contribution in [3.8, 4) is 0 Å². The molecule has 2 heteroatoms. The molecule has 0 aliphatic carbocycles. The van der Waals surface area contributed by atoms with Crippen molar-refractivity contribution in [2.75, 3.05) is 4.72 Å². The van der Waals surface area contributed by atoms with Crippen molar-refractivity contribution in [3.05, 3.63) is 29.3 Å². The summed E-state index contributed by atoms with van der Waals surface area (Å²) in [6, 6.07) is 6.16. The Morgan fingerprint density at radius 1 is 1.20 bits per heavy atom. The van der Waals surface area contributed by atoms with E-state index >= 15 is 0 Å². The maximum absolute atomic E-state index is 3.94. The van der Waals surface area contributed by atoms with Crippen LogP contribution in [-0.2, 0) is 0 Å². The lowest BCUT2D eigenvalue weighted by Crippen LogP contribution is -1.83. The molecule has 0 bridgehead atoms. The molecule has 0 spiro atoms. The number of hydrogen-bond donors (Lipinski definition) is 2. The first-order valence-corrected chi connectivity index (χ1v) is 3.66. The molecule has 0 aliphatic rings. The normalized spacial score (nSPS) is 9.50. The van der Waals surface area contributed by atoms with E-state index in [-0.39, 0.29) is 0 Å². The summed E-state index contributed by atoms with van der Waals surface area (Å²) in [5.74, 6) is 0. The molecule has 1 aromatic carbocycles. The van der Waals surface area contributed by atoms with Gasteiger partial charge in [-0.1, -0.05) is 18.9 Å². The third-order valence-corrected chi connectivity index (χ3v) is 1.89. The fraction of sp³-hybridized carbons (Fsp3) is 0.250. The molecule has 0 amide bonds. The van der Waals surface area contributed by atoms with Gasteiger partial charge in [-0.3, -0.25) is 0 Å². The maximum Gasteiger partial charge on any atom is 0.0440 e. The number of thiol groups is 1. The van der Waals surface area contributed by atoms with E-state index < -0.39 is 0 Å². The second-order valence-corrected chi connectivity index (χ2v) is 2.63. The van der Waals surface area contributed by atoms with E-state index in [1.54, 1.807) is 0 Å². The van der Waals surface area contributed by atoms with Crippen LogP contribution in [0.15, 0.2) is 18.2 Å². The van der Waals surface area contributed by atoms with Gasteiger partial charge < -0.3 is 4.72 Å². The number of anilines is 1. The van der Waals surface area contributed by atoms with Crippen molar-refractivity contribution < 1.29 is 0 Å². The van der Waals surface area contributed by atoms with Crippen molar-refractivity contribution >= 4 is 18.5 Å². The van der Waals surface area contributed by atoms with Crippen LogP contribution in [0.25, 0.3) is 0 Å². The number of rotatable bonds is 1. The van der Waals surface area contributed by atoms with Crippen LogP contribution >= 0.6 is 12.8 Å². The molecule has 0 atom stereocenters. The van der Waals surface area contributed by atoms with Gasteiger partial charge in [0, 0.05) is 5.69 Å². The second-order valence-electron chi connectivity index (χ2n) is 2.41. The van der Waals surface area contributed by atoms with Gasteiger partial charge in [0.05, 0.1) is 0 Å². The first-order chi connectivity index (χ1) is 4.74. The summed E-state index contributed by atoms with van der Waals surface area (Å²) in [5.41, 5.74) is 3.65.